The molecule has 5 N–H and O–H groups in total. The number of hydrogen-bond acceptors (Lipinski definition) is 2. The summed E-state index contributed by atoms with van der Waals surface area (Å²) in [5.74, 6) is 0. The number of hydrogen-bond donors (Lipinski definition) is 4. The average molecular weight is 430 g/mol. The maximum Gasteiger partial charge on any atom is 0.466 e. The molecule has 6 heteroatoms. The van der Waals surface area contributed by atoms with E-state index in [1.54, 1.807) is 0 Å². The highest BCUT2D eigenvalue weighted by Gasteiger charge is 2.04. The van der Waals surface area contributed by atoms with Crippen molar-refractivity contribution in [2.45, 2.75) is 109 Å². The Kier molecular flexibility index (Phi) is 18.8. The van der Waals surface area contributed by atoms with Crippen molar-refractivity contribution >= 4 is 7.82 Å². The van der Waals surface area contributed by atoms with Crippen LogP contribution < -0.4 is 5.73 Å². The molecular weight excluding hydrogens is 385 g/mol. The molecule has 1 atom stereocenters. The number of rotatable bonds is 16. The molecule has 0 radical (unpaired) electrons. The lowest BCUT2D eigenvalue weighted by Gasteiger charge is -2.11. The molecule has 0 saturated heterocycles. The number of nitrogens with two attached hydrogens (primary N) is 1. The van der Waals surface area contributed by atoms with E-state index in [4.69, 9.17) is 25.0 Å². The van der Waals surface area contributed by atoms with Crippen molar-refractivity contribution in [1.82, 2.24) is 0 Å². The molecule has 0 fully saturated rings. The van der Waals surface area contributed by atoms with Crippen molar-refractivity contribution in [3.63, 3.8) is 0 Å². The topological polar surface area (TPSA) is 104 Å². The first-order valence-corrected chi connectivity index (χ1v) is 13.0. The van der Waals surface area contributed by atoms with Gasteiger partial charge < -0.3 is 20.4 Å². The zero-order chi connectivity index (χ0) is 21.8. The molecule has 0 aliphatic carbocycles. The van der Waals surface area contributed by atoms with Crippen molar-refractivity contribution in [2.24, 2.45) is 5.73 Å². The normalized spacial score (nSPS) is 12.3. The van der Waals surface area contributed by atoms with Gasteiger partial charge in [0.1, 0.15) is 0 Å². The summed E-state index contributed by atoms with van der Waals surface area (Å²) in [7, 11) is -4.64. The first-order chi connectivity index (χ1) is 13.8. The van der Waals surface area contributed by atoms with Gasteiger partial charge in [0, 0.05) is 6.04 Å². The van der Waals surface area contributed by atoms with Crippen LogP contribution >= 0.6 is 7.82 Å². The van der Waals surface area contributed by atoms with Crippen LogP contribution in [0.25, 0.3) is 0 Å². The van der Waals surface area contributed by atoms with E-state index in [0.29, 0.717) is 0 Å². The van der Waals surface area contributed by atoms with Crippen LogP contribution in [0.5, 0.6) is 0 Å². The van der Waals surface area contributed by atoms with Gasteiger partial charge in [-0.3, -0.25) is 0 Å². The summed E-state index contributed by atoms with van der Waals surface area (Å²) in [5, 5.41) is 0. The molecular formula is C23H44NO4P. The van der Waals surface area contributed by atoms with Crippen LogP contribution in [0.15, 0.2) is 30.3 Å². The minimum absolute atomic E-state index is 0.225. The molecule has 0 aromatic heterocycles. The minimum Gasteiger partial charge on any atom is -0.324 e. The fourth-order valence-corrected chi connectivity index (χ4v) is 3.43. The van der Waals surface area contributed by atoms with Gasteiger partial charge in [-0.05, 0) is 12.0 Å². The van der Waals surface area contributed by atoms with E-state index in [1.807, 2.05) is 0 Å². The average Bonchev–Trinajstić information content (AvgIpc) is 2.67. The van der Waals surface area contributed by atoms with Crippen LogP contribution in [0.3, 0.4) is 0 Å². The van der Waals surface area contributed by atoms with E-state index in [0.717, 1.165) is 6.42 Å². The highest BCUT2D eigenvalue weighted by molar-refractivity contribution is 7.45. The third-order valence-corrected chi connectivity index (χ3v) is 5.10. The third-order valence-electron chi connectivity index (χ3n) is 5.10. The number of benzene rings is 1. The van der Waals surface area contributed by atoms with Crippen molar-refractivity contribution in [1.29, 1.82) is 0 Å². The molecule has 0 bridgehead atoms. The van der Waals surface area contributed by atoms with Gasteiger partial charge in [0.25, 0.3) is 0 Å². The Morgan fingerprint density at radius 2 is 1.07 bits per heavy atom. The van der Waals surface area contributed by atoms with Crippen LogP contribution in [-0.4, -0.2) is 14.7 Å². The smallest absolute Gasteiger partial charge is 0.324 e. The number of phosphoric acid groups is 1. The summed E-state index contributed by atoms with van der Waals surface area (Å²) in [5.41, 5.74) is 7.53. The van der Waals surface area contributed by atoms with Crippen LogP contribution in [0.4, 0.5) is 0 Å². The van der Waals surface area contributed by atoms with Crippen molar-refractivity contribution < 1.29 is 19.2 Å². The van der Waals surface area contributed by atoms with Gasteiger partial charge in [-0.15, -0.1) is 0 Å². The largest absolute Gasteiger partial charge is 0.466 e. The second kappa shape index (κ2) is 19.3. The molecule has 1 unspecified atom stereocenters. The van der Waals surface area contributed by atoms with Gasteiger partial charge >= 0.3 is 7.82 Å². The summed E-state index contributed by atoms with van der Waals surface area (Å²) in [4.78, 5) is 21.6. The summed E-state index contributed by atoms with van der Waals surface area (Å²) >= 11 is 0. The van der Waals surface area contributed by atoms with Gasteiger partial charge in [-0.2, -0.15) is 0 Å². The monoisotopic (exact) mass is 429 g/mol. The van der Waals surface area contributed by atoms with Crippen LogP contribution in [0.2, 0.25) is 0 Å². The summed E-state index contributed by atoms with van der Waals surface area (Å²) in [6.45, 7) is 2.29. The maximum absolute atomic E-state index is 8.88. The van der Waals surface area contributed by atoms with Crippen LogP contribution in [0, 0.1) is 0 Å². The van der Waals surface area contributed by atoms with Crippen molar-refractivity contribution in [2.75, 3.05) is 0 Å². The Morgan fingerprint density at radius 3 is 1.45 bits per heavy atom. The van der Waals surface area contributed by atoms with E-state index in [2.05, 4.69) is 37.3 Å². The van der Waals surface area contributed by atoms with Gasteiger partial charge in [0.15, 0.2) is 0 Å². The molecule has 1 rings (SSSR count). The molecule has 0 spiro atoms. The van der Waals surface area contributed by atoms with E-state index in [1.165, 1.54) is 95.5 Å². The Hall–Kier alpha value is -0.710. The molecule has 0 heterocycles. The molecule has 1 aromatic carbocycles. The van der Waals surface area contributed by atoms with Gasteiger partial charge in [-0.25, -0.2) is 4.57 Å². The molecule has 5 nitrogen and oxygen atoms in total. The summed E-state index contributed by atoms with van der Waals surface area (Å²) in [6, 6.07) is 10.7. The molecule has 0 saturated carbocycles. The lowest BCUT2D eigenvalue weighted by molar-refractivity contribution is 0.275. The first kappa shape index (κ1) is 28.3. The van der Waals surface area contributed by atoms with Crippen LogP contribution in [0.1, 0.15) is 115 Å². The number of unbranched alkanes of at least 4 members (excludes halogenated alkanes) is 13. The zero-order valence-electron chi connectivity index (χ0n) is 18.3. The minimum atomic E-state index is -4.64. The summed E-state index contributed by atoms with van der Waals surface area (Å²) in [6.07, 6.45) is 20.9. The second-order valence-corrected chi connectivity index (χ2v) is 8.94. The van der Waals surface area contributed by atoms with E-state index < -0.39 is 7.82 Å². The highest BCUT2D eigenvalue weighted by Crippen LogP contribution is 2.25. The Bertz CT molecular complexity index is 499. The van der Waals surface area contributed by atoms with E-state index in [9.17, 15) is 0 Å². The molecule has 0 aliphatic heterocycles. The van der Waals surface area contributed by atoms with Gasteiger partial charge in [0.2, 0.25) is 0 Å². The molecule has 0 amide bonds. The van der Waals surface area contributed by atoms with Crippen molar-refractivity contribution in [3.8, 4) is 0 Å². The SMILES string of the molecule is CCCCCCCCCCCCCCCCC(N)c1ccccc1.O=P(O)(O)O. The fourth-order valence-electron chi connectivity index (χ4n) is 3.43. The first-order valence-electron chi connectivity index (χ1n) is 11.4. The quantitative estimate of drug-likeness (QED) is 0.174. The molecule has 1 aromatic rings. The van der Waals surface area contributed by atoms with Crippen molar-refractivity contribution in [3.05, 3.63) is 35.9 Å². The zero-order valence-corrected chi connectivity index (χ0v) is 19.2. The Morgan fingerprint density at radius 1 is 0.724 bits per heavy atom. The molecule has 170 valence electrons. The maximum atomic E-state index is 8.88. The molecule has 0 aliphatic rings. The standard InChI is InChI=1S/C23H41N.H3O4P/c1-2-3-4-5-6-7-8-9-10-11-12-13-14-18-21-23(24)22-19-16-15-17-20-22;1-5(2,3)4/h15-17,19-20,23H,2-14,18,21,24H2,1H3;(H3,1,2,3,4). The lowest BCUT2D eigenvalue weighted by Crippen LogP contribution is -2.09. The Balaban J connectivity index is 0.00000139. The predicted octanol–water partition coefficient (Wildman–Crippen LogP) is 6.63. The van der Waals surface area contributed by atoms with E-state index >= 15 is 0 Å². The van der Waals surface area contributed by atoms with Gasteiger partial charge in [0.05, 0.1) is 0 Å². The summed E-state index contributed by atoms with van der Waals surface area (Å²) < 4.78 is 8.88. The van der Waals surface area contributed by atoms with Gasteiger partial charge in [-0.1, -0.05) is 127 Å². The lowest BCUT2D eigenvalue weighted by atomic mass is 10.00. The fraction of sp³-hybridized carbons (Fsp3) is 0.739. The third kappa shape index (κ3) is 23.4. The molecule has 29 heavy (non-hydrogen) atoms. The van der Waals surface area contributed by atoms with Crippen LogP contribution in [-0.2, 0) is 4.57 Å². The Labute approximate surface area is 178 Å². The highest BCUT2D eigenvalue weighted by atomic mass is 31.2. The van der Waals surface area contributed by atoms with E-state index in [-0.39, 0.29) is 6.04 Å². The second-order valence-electron chi connectivity index (χ2n) is 7.92. The predicted molar refractivity (Wildman–Crippen MR) is 123 cm³/mol.